The van der Waals surface area contributed by atoms with Gasteiger partial charge in [0.05, 0.1) is 11.7 Å². The summed E-state index contributed by atoms with van der Waals surface area (Å²) in [5, 5.41) is 9.09. The fourth-order valence-corrected chi connectivity index (χ4v) is 1.95. The van der Waals surface area contributed by atoms with Crippen LogP contribution in [0.3, 0.4) is 0 Å². The predicted molar refractivity (Wildman–Crippen MR) is 63.3 cm³/mol. The second-order valence-electron chi connectivity index (χ2n) is 4.62. The van der Waals surface area contributed by atoms with Crippen LogP contribution in [0, 0.1) is 0 Å². The van der Waals surface area contributed by atoms with Crippen LogP contribution in [0.1, 0.15) is 37.0 Å². The van der Waals surface area contributed by atoms with Crippen molar-refractivity contribution in [2.45, 2.75) is 26.2 Å². The van der Waals surface area contributed by atoms with Gasteiger partial charge in [-0.2, -0.15) is 0 Å². The average Bonchev–Trinajstić information content (AvgIpc) is 2.85. The molecule has 0 amide bonds. The molecule has 2 aromatic rings. The molecule has 0 aliphatic heterocycles. The molecule has 2 rings (SSSR count). The number of aromatic carboxylic acids is 1. The molecule has 1 N–H and O–H groups in total. The standard InChI is InChI=1S/C11H12N2O3S/c1-11(2,3)8-7(10(14)15)16-9(13-8)6-4-12-5-17-6/h4-5H,1-3H3,(H,14,15). The number of oxazole rings is 1. The summed E-state index contributed by atoms with van der Waals surface area (Å²) in [6.45, 7) is 5.69. The molecule has 5 nitrogen and oxygen atoms in total. The first kappa shape index (κ1) is 11.8. The van der Waals surface area contributed by atoms with E-state index in [2.05, 4.69) is 9.97 Å². The third-order valence-corrected chi connectivity index (χ3v) is 2.94. The minimum Gasteiger partial charge on any atom is -0.475 e. The summed E-state index contributed by atoms with van der Waals surface area (Å²) in [5.41, 5.74) is 1.73. The Kier molecular flexibility index (Phi) is 2.74. The molecule has 0 bridgehead atoms. The monoisotopic (exact) mass is 252 g/mol. The maximum atomic E-state index is 11.1. The van der Waals surface area contributed by atoms with Crippen molar-refractivity contribution in [3.63, 3.8) is 0 Å². The molecule has 0 spiro atoms. The normalized spacial score (nSPS) is 11.7. The van der Waals surface area contributed by atoms with Crippen molar-refractivity contribution in [3.8, 4) is 10.8 Å². The molecule has 2 aromatic heterocycles. The lowest BCUT2D eigenvalue weighted by molar-refractivity contribution is 0.0659. The molecular formula is C11H12N2O3S. The van der Waals surface area contributed by atoms with Gasteiger partial charge in [0.25, 0.3) is 0 Å². The smallest absolute Gasteiger partial charge is 0.373 e. The van der Waals surface area contributed by atoms with Crippen LogP contribution in [-0.2, 0) is 5.41 Å². The molecule has 2 heterocycles. The molecule has 0 aliphatic carbocycles. The van der Waals surface area contributed by atoms with Crippen molar-refractivity contribution in [1.29, 1.82) is 0 Å². The summed E-state index contributed by atoms with van der Waals surface area (Å²) in [6, 6.07) is 0. The number of hydrogen-bond acceptors (Lipinski definition) is 5. The molecule has 0 saturated carbocycles. The highest BCUT2D eigenvalue weighted by Crippen LogP contribution is 2.31. The first-order chi connectivity index (χ1) is 7.89. The van der Waals surface area contributed by atoms with E-state index in [9.17, 15) is 4.79 Å². The van der Waals surface area contributed by atoms with Crippen molar-refractivity contribution in [2.24, 2.45) is 0 Å². The zero-order chi connectivity index (χ0) is 12.6. The summed E-state index contributed by atoms with van der Waals surface area (Å²) >= 11 is 1.36. The lowest BCUT2D eigenvalue weighted by Crippen LogP contribution is -2.16. The van der Waals surface area contributed by atoms with Crippen LogP contribution in [-0.4, -0.2) is 21.0 Å². The Hall–Kier alpha value is -1.69. The summed E-state index contributed by atoms with van der Waals surface area (Å²) < 4.78 is 5.31. The lowest BCUT2D eigenvalue weighted by atomic mass is 9.91. The highest BCUT2D eigenvalue weighted by Gasteiger charge is 2.29. The van der Waals surface area contributed by atoms with Crippen molar-refractivity contribution in [3.05, 3.63) is 23.2 Å². The van der Waals surface area contributed by atoms with Crippen molar-refractivity contribution in [1.82, 2.24) is 9.97 Å². The highest BCUT2D eigenvalue weighted by atomic mass is 32.1. The Balaban J connectivity index is 2.56. The first-order valence-electron chi connectivity index (χ1n) is 5.03. The highest BCUT2D eigenvalue weighted by molar-refractivity contribution is 7.13. The summed E-state index contributed by atoms with van der Waals surface area (Å²) in [7, 11) is 0. The van der Waals surface area contributed by atoms with E-state index in [1.165, 1.54) is 11.3 Å². The van der Waals surface area contributed by atoms with E-state index < -0.39 is 5.97 Å². The maximum absolute atomic E-state index is 11.1. The predicted octanol–water partition coefficient (Wildman–Crippen LogP) is 2.79. The van der Waals surface area contributed by atoms with Gasteiger partial charge in [-0.3, -0.25) is 4.98 Å². The van der Waals surface area contributed by atoms with Gasteiger partial charge in [-0.15, -0.1) is 11.3 Å². The molecule has 17 heavy (non-hydrogen) atoms. The van der Waals surface area contributed by atoms with Gasteiger partial charge in [0.2, 0.25) is 11.7 Å². The molecule has 0 atom stereocenters. The van der Waals surface area contributed by atoms with E-state index in [1.54, 1.807) is 11.7 Å². The molecule has 0 saturated heterocycles. The average molecular weight is 252 g/mol. The van der Waals surface area contributed by atoms with E-state index in [-0.39, 0.29) is 11.2 Å². The number of carbonyl (C=O) groups is 1. The fraction of sp³-hybridized carbons (Fsp3) is 0.364. The summed E-state index contributed by atoms with van der Waals surface area (Å²) in [4.78, 5) is 20.0. The van der Waals surface area contributed by atoms with Crippen LogP contribution in [0.4, 0.5) is 0 Å². The molecule has 0 aromatic carbocycles. The molecule has 0 unspecified atom stereocenters. The summed E-state index contributed by atoms with van der Waals surface area (Å²) in [6.07, 6.45) is 1.61. The van der Waals surface area contributed by atoms with E-state index in [0.29, 0.717) is 11.6 Å². The van der Waals surface area contributed by atoms with Crippen LogP contribution < -0.4 is 0 Å². The Morgan fingerprint density at radius 3 is 2.59 bits per heavy atom. The van der Waals surface area contributed by atoms with E-state index in [1.807, 2.05) is 20.8 Å². The van der Waals surface area contributed by atoms with Crippen molar-refractivity contribution in [2.75, 3.05) is 0 Å². The van der Waals surface area contributed by atoms with Gasteiger partial charge in [0, 0.05) is 5.41 Å². The summed E-state index contributed by atoms with van der Waals surface area (Å²) in [5.74, 6) is -0.881. The number of nitrogens with zero attached hydrogens (tertiary/aromatic N) is 2. The first-order valence-corrected chi connectivity index (χ1v) is 5.91. The van der Waals surface area contributed by atoms with Crippen LogP contribution in [0.25, 0.3) is 10.8 Å². The van der Waals surface area contributed by atoms with Crippen LogP contribution in [0.15, 0.2) is 16.1 Å². The molecular weight excluding hydrogens is 240 g/mol. The van der Waals surface area contributed by atoms with Crippen LogP contribution in [0.5, 0.6) is 0 Å². The fourth-order valence-electron chi connectivity index (χ4n) is 1.40. The van der Waals surface area contributed by atoms with E-state index >= 15 is 0 Å². The van der Waals surface area contributed by atoms with Crippen molar-refractivity contribution < 1.29 is 14.3 Å². The third kappa shape index (κ3) is 2.21. The van der Waals surface area contributed by atoms with Gasteiger partial charge in [-0.25, -0.2) is 9.78 Å². The maximum Gasteiger partial charge on any atom is 0.373 e. The van der Waals surface area contributed by atoms with Gasteiger partial charge in [0.15, 0.2) is 0 Å². The molecule has 6 heteroatoms. The lowest BCUT2D eigenvalue weighted by Gasteiger charge is -2.14. The zero-order valence-corrected chi connectivity index (χ0v) is 10.5. The minimum atomic E-state index is -1.10. The number of rotatable bonds is 2. The second kappa shape index (κ2) is 3.96. The number of aromatic nitrogens is 2. The number of carboxylic acid groups (broad SMARTS) is 1. The van der Waals surface area contributed by atoms with Crippen LogP contribution in [0.2, 0.25) is 0 Å². The third-order valence-electron chi connectivity index (χ3n) is 2.17. The van der Waals surface area contributed by atoms with Gasteiger partial charge < -0.3 is 9.52 Å². The van der Waals surface area contributed by atoms with E-state index in [0.717, 1.165) is 4.88 Å². The van der Waals surface area contributed by atoms with Crippen LogP contribution >= 0.6 is 11.3 Å². The van der Waals surface area contributed by atoms with E-state index in [4.69, 9.17) is 9.52 Å². The van der Waals surface area contributed by atoms with Crippen molar-refractivity contribution >= 4 is 17.3 Å². The Morgan fingerprint density at radius 1 is 1.47 bits per heavy atom. The molecule has 0 radical (unpaired) electrons. The largest absolute Gasteiger partial charge is 0.475 e. The quantitative estimate of drug-likeness (QED) is 0.889. The zero-order valence-electron chi connectivity index (χ0n) is 9.72. The SMILES string of the molecule is CC(C)(C)c1nc(-c2cncs2)oc1C(=O)O. The molecule has 90 valence electrons. The minimum absolute atomic E-state index is 0.0964. The van der Waals surface area contributed by atoms with Gasteiger partial charge in [-0.05, 0) is 0 Å². The van der Waals surface area contributed by atoms with Gasteiger partial charge >= 0.3 is 5.97 Å². The number of hydrogen-bond donors (Lipinski definition) is 1. The molecule has 0 fully saturated rings. The molecule has 0 aliphatic rings. The Morgan fingerprint density at radius 2 is 2.18 bits per heavy atom. The topological polar surface area (TPSA) is 76.2 Å². The second-order valence-corrected chi connectivity index (χ2v) is 5.50. The Bertz CT molecular complexity index is 538. The van der Waals surface area contributed by atoms with Gasteiger partial charge in [-0.1, -0.05) is 20.8 Å². The van der Waals surface area contributed by atoms with Gasteiger partial charge in [0.1, 0.15) is 10.6 Å². The number of thiazole rings is 1. The Labute approximate surface area is 102 Å². The number of carboxylic acids is 1.